The fourth-order valence-corrected chi connectivity index (χ4v) is 1.86. The summed E-state index contributed by atoms with van der Waals surface area (Å²) in [7, 11) is 0. The largest absolute Gasteiger partial charge is 0.353 e. The highest BCUT2D eigenvalue weighted by Gasteiger charge is 2.03. The molecule has 0 aliphatic rings. The molecule has 0 unspecified atom stereocenters. The molecule has 0 saturated heterocycles. The first-order valence-corrected chi connectivity index (χ1v) is 4.74. The number of fused-ring (bicyclic) bond motifs is 3. The van der Waals surface area contributed by atoms with Crippen LogP contribution < -0.4 is 0 Å². The Hall–Kier alpha value is -1.54. The van der Waals surface area contributed by atoms with Crippen molar-refractivity contribution in [3.8, 4) is 0 Å². The van der Waals surface area contributed by atoms with Crippen LogP contribution in [0.1, 0.15) is 0 Å². The second kappa shape index (κ2) is 2.72. The number of rotatable bonds is 0. The highest BCUT2D eigenvalue weighted by molar-refractivity contribution is 6.31. The fraction of sp³-hybridized carbons (Fsp3) is 0. The number of benzene rings is 1. The van der Waals surface area contributed by atoms with E-state index in [0.29, 0.717) is 0 Å². The first kappa shape index (κ1) is 7.83. The number of pyridine rings is 1. The lowest BCUT2D eigenvalue weighted by Gasteiger charge is -1.90. The van der Waals surface area contributed by atoms with Gasteiger partial charge in [0.1, 0.15) is 0 Å². The molecule has 0 saturated carbocycles. The minimum Gasteiger partial charge on any atom is -0.353 e. The maximum atomic E-state index is 5.91. The highest BCUT2D eigenvalue weighted by atomic mass is 35.5. The average molecular weight is 203 g/mol. The van der Waals surface area contributed by atoms with E-state index >= 15 is 0 Å². The van der Waals surface area contributed by atoms with Crippen molar-refractivity contribution in [1.82, 2.24) is 9.97 Å². The summed E-state index contributed by atoms with van der Waals surface area (Å²) < 4.78 is 0. The van der Waals surface area contributed by atoms with Crippen LogP contribution in [0.3, 0.4) is 0 Å². The Bertz CT molecular complexity index is 613. The van der Waals surface area contributed by atoms with Crippen molar-refractivity contribution in [2.24, 2.45) is 0 Å². The van der Waals surface area contributed by atoms with Gasteiger partial charge in [0.2, 0.25) is 0 Å². The lowest BCUT2D eigenvalue weighted by Crippen LogP contribution is -1.71. The lowest BCUT2D eigenvalue weighted by molar-refractivity contribution is 1.42. The number of nitrogens with zero attached hydrogens (tertiary/aromatic N) is 1. The van der Waals surface area contributed by atoms with E-state index < -0.39 is 0 Å². The van der Waals surface area contributed by atoms with Gasteiger partial charge in [0, 0.05) is 22.1 Å². The van der Waals surface area contributed by atoms with Crippen molar-refractivity contribution in [2.75, 3.05) is 0 Å². The van der Waals surface area contributed by atoms with Crippen molar-refractivity contribution >= 4 is 33.5 Å². The normalized spacial score (nSPS) is 11.2. The third-order valence-corrected chi connectivity index (χ3v) is 2.55. The van der Waals surface area contributed by atoms with Crippen molar-refractivity contribution in [2.45, 2.75) is 0 Å². The van der Waals surface area contributed by atoms with Gasteiger partial charge in [-0.3, -0.25) is 4.98 Å². The Morgan fingerprint density at radius 3 is 3.00 bits per heavy atom. The summed E-state index contributed by atoms with van der Waals surface area (Å²) in [6, 6.07) is 9.71. The number of aromatic amines is 1. The quantitative estimate of drug-likeness (QED) is 0.595. The van der Waals surface area contributed by atoms with Crippen molar-refractivity contribution in [3.05, 3.63) is 41.6 Å². The molecule has 0 fully saturated rings. The first-order chi connectivity index (χ1) is 6.84. The summed E-state index contributed by atoms with van der Waals surface area (Å²) in [5.41, 5.74) is 3.08. The third kappa shape index (κ3) is 1.01. The molecule has 0 bridgehead atoms. The van der Waals surface area contributed by atoms with Crippen LogP contribution in [0.5, 0.6) is 0 Å². The second-order valence-corrected chi connectivity index (χ2v) is 3.65. The molecule has 2 heterocycles. The van der Waals surface area contributed by atoms with E-state index in [1.165, 1.54) is 0 Å². The summed E-state index contributed by atoms with van der Waals surface area (Å²) >= 11 is 5.91. The molecule has 3 rings (SSSR count). The molecule has 1 N–H and O–H groups in total. The SMILES string of the molecule is Clc1ccc2c(c1)[nH]c1cccnc12. The predicted octanol–water partition coefficient (Wildman–Crippen LogP) is 3.37. The highest BCUT2D eigenvalue weighted by Crippen LogP contribution is 2.25. The van der Waals surface area contributed by atoms with Gasteiger partial charge in [-0.05, 0) is 30.3 Å². The summed E-state index contributed by atoms with van der Waals surface area (Å²) in [5.74, 6) is 0. The van der Waals surface area contributed by atoms with Crippen molar-refractivity contribution < 1.29 is 0 Å². The molecule has 2 nitrogen and oxygen atoms in total. The van der Waals surface area contributed by atoms with Crippen LogP contribution in [0.25, 0.3) is 21.9 Å². The van der Waals surface area contributed by atoms with Crippen LogP contribution in [0.2, 0.25) is 5.02 Å². The predicted molar refractivity (Wildman–Crippen MR) is 58.6 cm³/mol. The molecule has 0 amide bonds. The minimum absolute atomic E-state index is 0.740. The molecule has 14 heavy (non-hydrogen) atoms. The summed E-state index contributed by atoms with van der Waals surface area (Å²) in [6.45, 7) is 0. The van der Waals surface area contributed by atoms with Crippen LogP contribution >= 0.6 is 11.6 Å². The molecular weight excluding hydrogens is 196 g/mol. The van der Waals surface area contributed by atoms with Gasteiger partial charge in [-0.15, -0.1) is 0 Å². The van der Waals surface area contributed by atoms with E-state index in [2.05, 4.69) is 9.97 Å². The maximum Gasteiger partial charge on any atom is 0.0957 e. The van der Waals surface area contributed by atoms with Crippen LogP contribution in [-0.2, 0) is 0 Å². The molecular formula is C11H7ClN2. The van der Waals surface area contributed by atoms with Gasteiger partial charge in [0.05, 0.1) is 11.0 Å². The summed E-state index contributed by atoms with van der Waals surface area (Å²) in [5, 5.41) is 1.86. The molecule has 1 aromatic carbocycles. The van der Waals surface area contributed by atoms with Gasteiger partial charge in [-0.2, -0.15) is 0 Å². The van der Waals surface area contributed by atoms with Gasteiger partial charge in [-0.1, -0.05) is 11.6 Å². The molecule has 0 spiro atoms. The van der Waals surface area contributed by atoms with E-state index in [-0.39, 0.29) is 0 Å². The minimum atomic E-state index is 0.740. The van der Waals surface area contributed by atoms with E-state index in [4.69, 9.17) is 11.6 Å². The Kier molecular flexibility index (Phi) is 1.52. The molecule has 68 valence electrons. The summed E-state index contributed by atoms with van der Waals surface area (Å²) in [4.78, 5) is 7.60. The van der Waals surface area contributed by atoms with Crippen LogP contribution in [0.15, 0.2) is 36.5 Å². The Morgan fingerprint density at radius 1 is 1.14 bits per heavy atom. The van der Waals surface area contributed by atoms with Crippen LogP contribution in [0.4, 0.5) is 0 Å². The molecule has 0 atom stereocenters. The Labute approximate surface area is 85.5 Å². The van der Waals surface area contributed by atoms with Gasteiger partial charge < -0.3 is 4.98 Å². The van der Waals surface area contributed by atoms with E-state index in [1.54, 1.807) is 6.20 Å². The maximum absolute atomic E-state index is 5.91. The standard InChI is InChI=1S/C11H7ClN2/c12-7-3-4-8-10(6-7)14-9-2-1-5-13-11(8)9/h1-6,14H. The summed E-state index contributed by atoms with van der Waals surface area (Å²) in [6.07, 6.45) is 1.80. The second-order valence-electron chi connectivity index (χ2n) is 3.21. The van der Waals surface area contributed by atoms with Crippen LogP contribution in [0, 0.1) is 0 Å². The number of aromatic nitrogens is 2. The van der Waals surface area contributed by atoms with Crippen molar-refractivity contribution in [3.63, 3.8) is 0 Å². The van der Waals surface area contributed by atoms with E-state index in [9.17, 15) is 0 Å². The molecule has 2 aromatic heterocycles. The number of nitrogens with one attached hydrogen (secondary N) is 1. The Morgan fingerprint density at radius 2 is 2.07 bits per heavy atom. The van der Waals surface area contributed by atoms with E-state index in [0.717, 1.165) is 27.0 Å². The fourth-order valence-electron chi connectivity index (χ4n) is 1.69. The van der Waals surface area contributed by atoms with Gasteiger partial charge in [-0.25, -0.2) is 0 Å². The van der Waals surface area contributed by atoms with Crippen LogP contribution in [-0.4, -0.2) is 9.97 Å². The Balaban J connectivity index is 2.57. The van der Waals surface area contributed by atoms with Gasteiger partial charge in [0.15, 0.2) is 0 Å². The van der Waals surface area contributed by atoms with E-state index in [1.807, 2.05) is 30.3 Å². The smallest absolute Gasteiger partial charge is 0.0957 e. The average Bonchev–Trinajstić information content (AvgIpc) is 2.54. The molecule has 0 aliphatic carbocycles. The molecule has 3 heteroatoms. The topological polar surface area (TPSA) is 28.7 Å². The third-order valence-electron chi connectivity index (χ3n) is 2.31. The first-order valence-electron chi connectivity index (χ1n) is 4.36. The zero-order valence-corrected chi connectivity index (χ0v) is 8.05. The van der Waals surface area contributed by atoms with Crippen molar-refractivity contribution in [1.29, 1.82) is 0 Å². The van der Waals surface area contributed by atoms with Gasteiger partial charge >= 0.3 is 0 Å². The number of hydrogen-bond donors (Lipinski definition) is 1. The monoisotopic (exact) mass is 202 g/mol. The molecule has 3 aromatic rings. The molecule has 0 aliphatic heterocycles. The zero-order chi connectivity index (χ0) is 9.54. The number of halogens is 1. The lowest BCUT2D eigenvalue weighted by atomic mass is 10.2. The number of hydrogen-bond acceptors (Lipinski definition) is 1. The van der Waals surface area contributed by atoms with Gasteiger partial charge in [0.25, 0.3) is 0 Å². The molecule has 0 radical (unpaired) electrons. The number of H-pyrrole nitrogens is 1. The zero-order valence-electron chi connectivity index (χ0n) is 7.29.